The number of carbonyl (C=O) groups excluding carboxylic acids is 1. The Morgan fingerprint density at radius 1 is 1.39 bits per heavy atom. The molecule has 0 aliphatic carbocycles. The number of thiazole rings is 1. The summed E-state index contributed by atoms with van der Waals surface area (Å²) in [5, 5.41) is 11.9. The van der Waals surface area contributed by atoms with Gasteiger partial charge in [-0.05, 0) is 37.9 Å². The third kappa shape index (κ3) is 4.10. The van der Waals surface area contributed by atoms with Gasteiger partial charge in [0.2, 0.25) is 5.91 Å². The van der Waals surface area contributed by atoms with Gasteiger partial charge in [0.05, 0.1) is 10.9 Å². The lowest BCUT2D eigenvalue weighted by Crippen LogP contribution is -2.28. The zero-order valence-corrected chi connectivity index (χ0v) is 17.8. The molecule has 4 heterocycles. The number of aromatic nitrogens is 2. The number of pyridine rings is 1. The lowest BCUT2D eigenvalue weighted by atomic mass is 10.0. The summed E-state index contributed by atoms with van der Waals surface area (Å²) >= 11 is 3.34. The first kappa shape index (κ1) is 19.4. The number of hydrogen-bond donors (Lipinski definition) is 3. The van der Waals surface area contributed by atoms with E-state index in [0.29, 0.717) is 19.0 Å². The van der Waals surface area contributed by atoms with E-state index in [1.54, 1.807) is 35.1 Å². The molecule has 4 rings (SSSR count). The zero-order chi connectivity index (χ0) is 19.5. The van der Waals surface area contributed by atoms with Crippen LogP contribution in [0.25, 0.3) is 20.8 Å². The second-order valence-corrected chi connectivity index (χ2v) is 9.19. The minimum absolute atomic E-state index is 0.0476. The quantitative estimate of drug-likeness (QED) is 0.511. The van der Waals surface area contributed by atoms with Gasteiger partial charge in [-0.2, -0.15) is 0 Å². The van der Waals surface area contributed by atoms with E-state index < -0.39 is 0 Å². The second kappa shape index (κ2) is 8.65. The summed E-state index contributed by atoms with van der Waals surface area (Å²) in [6.45, 7) is 6.77. The third-order valence-electron chi connectivity index (χ3n) is 5.04. The maximum absolute atomic E-state index is 12.6. The van der Waals surface area contributed by atoms with Crippen LogP contribution in [0, 0.1) is 0 Å². The fraction of sp³-hybridized carbons (Fsp3) is 0.450. The first-order valence-electron chi connectivity index (χ1n) is 9.75. The van der Waals surface area contributed by atoms with Gasteiger partial charge in [0.1, 0.15) is 15.5 Å². The van der Waals surface area contributed by atoms with Crippen molar-refractivity contribution in [3.8, 4) is 10.6 Å². The maximum atomic E-state index is 12.6. The first-order valence-corrected chi connectivity index (χ1v) is 11.4. The lowest BCUT2D eigenvalue weighted by molar-refractivity contribution is -0.116. The van der Waals surface area contributed by atoms with Gasteiger partial charge in [0.25, 0.3) is 0 Å². The number of amides is 1. The van der Waals surface area contributed by atoms with Crippen molar-refractivity contribution >= 4 is 43.8 Å². The average Bonchev–Trinajstić information content (AvgIpc) is 3.27. The molecule has 0 aromatic carbocycles. The van der Waals surface area contributed by atoms with Crippen LogP contribution in [0.1, 0.15) is 37.1 Å². The molecule has 3 N–H and O–H groups in total. The number of rotatable bonds is 7. The predicted molar refractivity (Wildman–Crippen MR) is 117 cm³/mol. The van der Waals surface area contributed by atoms with Crippen LogP contribution < -0.4 is 16.0 Å². The van der Waals surface area contributed by atoms with Crippen LogP contribution in [-0.4, -0.2) is 35.0 Å². The van der Waals surface area contributed by atoms with Gasteiger partial charge in [-0.3, -0.25) is 9.78 Å². The molecule has 1 amide bonds. The molecule has 0 radical (unpaired) electrons. The molecule has 1 atom stereocenters. The summed E-state index contributed by atoms with van der Waals surface area (Å²) < 4.78 is 1.12. The Bertz CT molecular complexity index is 947. The van der Waals surface area contributed by atoms with Crippen LogP contribution in [0.4, 0.5) is 5.00 Å². The Morgan fingerprint density at radius 3 is 3.11 bits per heavy atom. The number of fused-ring (bicyclic) bond motifs is 2. The molecule has 0 bridgehead atoms. The van der Waals surface area contributed by atoms with E-state index in [0.717, 1.165) is 51.7 Å². The average molecular weight is 417 g/mol. The molecule has 1 aliphatic heterocycles. The van der Waals surface area contributed by atoms with Crippen molar-refractivity contribution in [1.29, 1.82) is 0 Å². The van der Waals surface area contributed by atoms with Crippen molar-refractivity contribution in [1.82, 2.24) is 20.6 Å². The van der Waals surface area contributed by atoms with Crippen molar-refractivity contribution in [3.05, 3.63) is 28.9 Å². The second-order valence-electron chi connectivity index (χ2n) is 7.06. The number of thiophene rings is 1. The maximum Gasteiger partial charge on any atom is 0.226 e. The largest absolute Gasteiger partial charge is 0.317 e. The summed E-state index contributed by atoms with van der Waals surface area (Å²) in [6, 6.07) is 2.43. The Kier molecular flexibility index (Phi) is 6.01. The summed E-state index contributed by atoms with van der Waals surface area (Å²) in [5.41, 5.74) is 3.33. The zero-order valence-electron chi connectivity index (χ0n) is 16.2. The fourth-order valence-electron chi connectivity index (χ4n) is 3.30. The minimum Gasteiger partial charge on any atom is -0.317 e. The van der Waals surface area contributed by atoms with E-state index in [9.17, 15) is 4.79 Å². The highest BCUT2D eigenvalue weighted by Gasteiger charge is 2.25. The van der Waals surface area contributed by atoms with Crippen molar-refractivity contribution < 1.29 is 4.79 Å². The van der Waals surface area contributed by atoms with Crippen molar-refractivity contribution in [2.24, 2.45) is 0 Å². The van der Waals surface area contributed by atoms with Crippen LogP contribution in [0.3, 0.4) is 0 Å². The van der Waals surface area contributed by atoms with Crippen LogP contribution in [-0.2, 0) is 17.8 Å². The number of nitrogens with one attached hydrogen (secondary N) is 3. The van der Waals surface area contributed by atoms with Crippen molar-refractivity contribution in [3.63, 3.8) is 0 Å². The van der Waals surface area contributed by atoms with Crippen LogP contribution in [0.5, 0.6) is 0 Å². The van der Waals surface area contributed by atoms with Gasteiger partial charge in [0, 0.05) is 42.2 Å². The predicted octanol–water partition coefficient (Wildman–Crippen LogP) is 3.78. The van der Waals surface area contributed by atoms with Gasteiger partial charge in [-0.25, -0.2) is 4.98 Å². The lowest BCUT2D eigenvalue weighted by Gasteiger charge is -2.13. The topological polar surface area (TPSA) is 78.9 Å². The molecular formula is C20H25N5OS2. The molecule has 28 heavy (non-hydrogen) atoms. The monoisotopic (exact) mass is 416 g/mol. The minimum atomic E-state index is 0.0476. The number of nitrogens with zero attached hydrogens (tertiary/aromatic N) is 2. The summed E-state index contributed by atoms with van der Waals surface area (Å²) in [7, 11) is 0. The molecule has 1 aliphatic rings. The van der Waals surface area contributed by atoms with E-state index in [1.165, 1.54) is 10.4 Å². The van der Waals surface area contributed by atoms with Crippen molar-refractivity contribution in [2.45, 2.75) is 45.7 Å². The molecule has 1 unspecified atom stereocenters. The van der Waals surface area contributed by atoms with E-state index in [4.69, 9.17) is 4.98 Å². The highest BCUT2D eigenvalue weighted by atomic mass is 32.1. The highest BCUT2D eigenvalue weighted by molar-refractivity contribution is 7.22. The van der Waals surface area contributed by atoms with E-state index >= 15 is 0 Å². The standard InChI is InChI=1S/C20H25N5OS2/c1-3-12(2)23-9-6-17(26)25-20-18(13-4-7-22-11-16(13)28-20)19-24-14-10-21-8-5-15(14)27-19/h5,8,10,12,22-23H,3-4,6-7,9,11H2,1-2H3,(H,25,26)/i25+1. The number of carbonyl (C=O) groups is 1. The fourth-order valence-corrected chi connectivity index (χ4v) is 5.61. The Morgan fingerprint density at radius 2 is 2.29 bits per heavy atom. The van der Waals surface area contributed by atoms with E-state index in [2.05, 4.69) is 34.8 Å². The summed E-state index contributed by atoms with van der Waals surface area (Å²) in [5.74, 6) is 0.0476. The Labute approximate surface area is 172 Å². The summed E-state index contributed by atoms with van der Waals surface area (Å²) in [6.07, 6.45) is 6.08. The van der Waals surface area contributed by atoms with Crippen LogP contribution in [0.2, 0.25) is 0 Å². The molecular weight excluding hydrogens is 391 g/mol. The molecule has 0 fully saturated rings. The van der Waals surface area contributed by atoms with Crippen LogP contribution in [0.15, 0.2) is 18.5 Å². The SMILES string of the molecule is CCC(C)NCCC(=O)[15NH]c1sc2c(c1-c1nc3cnccc3s1)CCNC2. The molecule has 6 nitrogen and oxygen atoms in total. The number of hydrogen-bond acceptors (Lipinski definition) is 7. The normalized spacial score (nSPS) is 14.8. The molecule has 0 spiro atoms. The van der Waals surface area contributed by atoms with Gasteiger partial charge in [-0.15, -0.1) is 22.7 Å². The Hall–Kier alpha value is -1.87. The molecule has 0 saturated heterocycles. The van der Waals surface area contributed by atoms with E-state index in [-0.39, 0.29) is 5.91 Å². The molecule has 3 aromatic heterocycles. The molecule has 3 aromatic rings. The first-order chi connectivity index (χ1) is 13.7. The third-order valence-corrected chi connectivity index (χ3v) is 7.24. The highest BCUT2D eigenvalue weighted by Crippen LogP contribution is 2.44. The van der Waals surface area contributed by atoms with Gasteiger partial charge in [-0.1, -0.05) is 6.92 Å². The van der Waals surface area contributed by atoms with Gasteiger partial charge >= 0.3 is 0 Å². The van der Waals surface area contributed by atoms with Gasteiger partial charge < -0.3 is 16.0 Å². The van der Waals surface area contributed by atoms with Crippen molar-refractivity contribution in [2.75, 3.05) is 18.4 Å². The Balaban J connectivity index is 1.60. The number of anilines is 1. The molecule has 0 saturated carbocycles. The molecule has 8 heteroatoms. The van der Waals surface area contributed by atoms with E-state index in [1.807, 2.05) is 6.07 Å². The smallest absolute Gasteiger partial charge is 0.226 e. The van der Waals surface area contributed by atoms with Crippen LogP contribution >= 0.6 is 22.7 Å². The summed E-state index contributed by atoms with van der Waals surface area (Å²) in [4.78, 5) is 22.8. The molecule has 148 valence electrons. The van der Waals surface area contributed by atoms with Gasteiger partial charge in [0.15, 0.2) is 0 Å².